The zero-order valence-electron chi connectivity index (χ0n) is 14.9. The van der Waals surface area contributed by atoms with Crippen LogP contribution in [0, 0.1) is 0 Å². The molecular formula is C20H21N5O2. The van der Waals surface area contributed by atoms with Crippen molar-refractivity contribution < 1.29 is 9.53 Å². The minimum atomic E-state index is -0.0475. The molecule has 0 spiro atoms. The number of hydrogen-bond acceptors (Lipinski definition) is 5. The van der Waals surface area contributed by atoms with E-state index < -0.39 is 0 Å². The van der Waals surface area contributed by atoms with Gasteiger partial charge in [0.15, 0.2) is 5.65 Å². The van der Waals surface area contributed by atoms with Crippen LogP contribution in [0.15, 0.2) is 54.7 Å². The van der Waals surface area contributed by atoms with Gasteiger partial charge in [0.2, 0.25) is 0 Å². The number of aromatic nitrogens is 4. The predicted molar refractivity (Wildman–Crippen MR) is 101 cm³/mol. The molecule has 3 aromatic rings. The van der Waals surface area contributed by atoms with Crippen LogP contribution in [0.4, 0.5) is 0 Å². The van der Waals surface area contributed by atoms with Crippen LogP contribution in [0.5, 0.6) is 0 Å². The molecule has 27 heavy (non-hydrogen) atoms. The Kier molecular flexibility index (Phi) is 5.20. The van der Waals surface area contributed by atoms with Crippen LogP contribution in [0.3, 0.4) is 0 Å². The Balaban J connectivity index is 1.52. The molecular weight excluding hydrogens is 342 g/mol. The molecule has 1 aliphatic rings. The highest BCUT2D eigenvalue weighted by molar-refractivity contribution is 5.95. The summed E-state index contributed by atoms with van der Waals surface area (Å²) < 4.78 is 7.28. The van der Waals surface area contributed by atoms with Crippen molar-refractivity contribution in [1.29, 1.82) is 0 Å². The fourth-order valence-corrected chi connectivity index (χ4v) is 3.21. The van der Waals surface area contributed by atoms with Gasteiger partial charge in [0.1, 0.15) is 0 Å². The van der Waals surface area contributed by atoms with Crippen LogP contribution >= 0.6 is 0 Å². The second kappa shape index (κ2) is 8.09. The summed E-state index contributed by atoms with van der Waals surface area (Å²) in [4.78, 5) is 14.9. The van der Waals surface area contributed by atoms with E-state index in [-0.39, 0.29) is 12.0 Å². The summed E-state index contributed by atoms with van der Waals surface area (Å²) in [5, 5.41) is 11.4. The van der Waals surface area contributed by atoms with Crippen molar-refractivity contribution in [2.24, 2.45) is 0 Å². The molecule has 138 valence electrons. The molecule has 1 amide bonds. The molecule has 1 fully saturated rings. The van der Waals surface area contributed by atoms with Gasteiger partial charge in [-0.05, 0) is 41.0 Å². The molecule has 1 unspecified atom stereocenters. The molecule has 0 saturated carbocycles. The van der Waals surface area contributed by atoms with Crippen LogP contribution in [-0.2, 0) is 4.74 Å². The molecule has 0 bridgehead atoms. The molecule has 3 heterocycles. The highest BCUT2D eigenvalue weighted by Gasteiger charge is 2.23. The molecule has 1 atom stereocenters. The van der Waals surface area contributed by atoms with Crippen LogP contribution in [0.25, 0.3) is 11.7 Å². The van der Waals surface area contributed by atoms with Crippen molar-refractivity contribution in [2.75, 3.05) is 19.7 Å². The first-order chi connectivity index (χ1) is 13.3. The minimum Gasteiger partial charge on any atom is -0.376 e. The number of carbonyl (C=O) groups excluding carboxylic acids is 1. The normalized spacial score (nSPS) is 17.0. The Morgan fingerprint density at radius 2 is 2.19 bits per heavy atom. The van der Waals surface area contributed by atoms with Crippen molar-refractivity contribution >= 4 is 17.6 Å². The van der Waals surface area contributed by atoms with Crippen LogP contribution in [0.2, 0.25) is 0 Å². The second-order valence-electron chi connectivity index (χ2n) is 6.56. The van der Waals surface area contributed by atoms with Crippen LogP contribution < -0.4 is 0 Å². The topological polar surface area (TPSA) is 72.6 Å². The number of pyridine rings is 1. The highest BCUT2D eigenvalue weighted by Crippen LogP contribution is 2.16. The number of amides is 1. The van der Waals surface area contributed by atoms with Gasteiger partial charge < -0.3 is 9.64 Å². The zero-order valence-corrected chi connectivity index (χ0v) is 14.9. The van der Waals surface area contributed by atoms with Gasteiger partial charge in [-0.2, -0.15) is 0 Å². The average Bonchev–Trinajstić information content (AvgIpc) is 3.38. The molecule has 0 radical (unpaired) electrons. The van der Waals surface area contributed by atoms with Gasteiger partial charge in [0.25, 0.3) is 5.91 Å². The van der Waals surface area contributed by atoms with E-state index in [1.54, 1.807) is 18.3 Å². The maximum absolute atomic E-state index is 13.1. The van der Waals surface area contributed by atoms with Crippen molar-refractivity contribution in [3.63, 3.8) is 0 Å². The lowest BCUT2D eigenvalue weighted by atomic mass is 10.1. The average molecular weight is 363 g/mol. The van der Waals surface area contributed by atoms with Gasteiger partial charge in [-0.25, -0.2) is 4.52 Å². The second-order valence-corrected chi connectivity index (χ2v) is 6.56. The first-order valence-electron chi connectivity index (χ1n) is 9.10. The van der Waals surface area contributed by atoms with Gasteiger partial charge >= 0.3 is 0 Å². The molecule has 7 nitrogen and oxygen atoms in total. The van der Waals surface area contributed by atoms with Gasteiger partial charge in [-0.1, -0.05) is 42.5 Å². The lowest BCUT2D eigenvalue weighted by Gasteiger charge is -2.24. The molecule has 2 aromatic heterocycles. The lowest BCUT2D eigenvalue weighted by Crippen LogP contribution is -2.37. The maximum atomic E-state index is 13.1. The third-order valence-electron chi connectivity index (χ3n) is 4.62. The fourth-order valence-electron chi connectivity index (χ4n) is 3.21. The van der Waals surface area contributed by atoms with E-state index in [2.05, 4.69) is 15.5 Å². The smallest absolute Gasteiger partial charge is 0.254 e. The van der Waals surface area contributed by atoms with Gasteiger partial charge in [0, 0.05) is 31.5 Å². The van der Waals surface area contributed by atoms with E-state index in [9.17, 15) is 4.79 Å². The summed E-state index contributed by atoms with van der Waals surface area (Å²) in [5.74, 6) is -0.0475. The van der Waals surface area contributed by atoms with E-state index in [1.807, 2.05) is 47.4 Å². The van der Waals surface area contributed by atoms with Crippen LogP contribution in [-0.4, -0.2) is 56.6 Å². The quantitative estimate of drug-likeness (QED) is 0.673. The fraction of sp³-hybridized carbons (Fsp3) is 0.300. The van der Waals surface area contributed by atoms with Gasteiger partial charge in [0.05, 0.1) is 6.10 Å². The predicted octanol–water partition coefficient (Wildman–Crippen LogP) is 2.46. The molecule has 1 saturated heterocycles. The minimum absolute atomic E-state index is 0.0475. The molecule has 1 aliphatic heterocycles. The first kappa shape index (κ1) is 17.4. The number of ether oxygens (including phenoxy) is 1. The number of benzene rings is 1. The largest absolute Gasteiger partial charge is 0.376 e. The Hall–Kier alpha value is -3.06. The Bertz CT molecular complexity index is 932. The third-order valence-corrected chi connectivity index (χ3v) is 4.62. The number of hydrogen-bond donors (Lipinski definition) is 0. The van der Waals surface area contributed by atoms with E-state index >= 15 is 0 Å². The first-order valence-corrected chi connectivity index (χ1v) is 9.10. The third kappa shape index (κ3) is 4.20. The molecule has 4 rings (SSSR count). The number of carbonyl (C=O) groups is 1. The molecule has 0 aliphatic carbocycles. The Morgan fingerprint density at radius 3 is 3.00 bits per heavy atom. The van der Waals surface area contributed by atoms with E-state index in [1.165, 1.54) is 4.52 Å². The SMILES string of the molecule is O=C(c1ccn2nnnc2c1)N(C/C=C/c1ccccc1)CC1CCCO1. The van der Waals surface area contributed by atoms with Crippen molar-refractivity contribution in [3.8, 4) is 0 Å². The van der Waals surface area contributed by atoms with Crippen molar-refractivity contribution in [1.82, 2.24) is 24.9 Å². The lowest BCUT2D eigenvalue weighted by molar-refractivity contribution is 0.0554. The van der Waals surface area contributed by atoms with Gasteiger partial charge in [-0.3, -0.25) is 4.79 Å². The van der Waals surface area contributed by atoms with E-state index in [0.29, 0.717) is 24.3 Å². The summed E-state index contributed by atoms with van der Waals surface area (Å²) in [6, 6.07) is 13.5. The number of rotatable bonds is 6. The zero-order chi connectivity index (χ0) is 18.5. The molecule has 7 heteroatoms. The summed E-state index contributed by atoms with van der Waals surface area (Å²) >= 11 is 0. The van der Waals surface area contributed by atoms with Gasteiger partial charge in [-0.15, -0.1) is 5.10 Å². The Labute approximate surface area is 157 Å². The summed E-state index contributed by atoms with van der Waals surface area (Å²) in [6.45, 7) is 1.86. The highest BCUT2D eigenvalue weighted by atomic mass is 16.5. The number of nitrogens with zero attached hydrogens (tertiary/aromatic N) is 5. The van der Waals surface area contributed by atoms with Crippen molar-refractivity contribution in [3.05, 3.63) is 65.9 Å². The van der Waals surface area contributed by atoms with Crippen LogP contribution in [0.1, 0.15) is 28.8 Å². The van der Waals surface area contributed by atoms with E-state index in [4.69, 9.17) is 4.74 Å². The van der Waals surface area contributed by atoms with Crippen molar-refractivity contribution in [2.45, 2.75) is 18.9 Å². The monoisotopic (exact) mass is 363 g/mol. The number of fused-ring (bicyclic) bond motifs is 1. The van der Waals surface area contributed by atoms with E-state index in [0.717, 1.165) is 25.0 Å². The summed E-state index contributed by atoms with van der Waals surface area (Å²) in [6.07, 6.45) is 7.87. The molecule has 0 N–H and O–H groups in total. The summed E-state index contributed by atoms with van der Waals surface area (Å²) in [5.41, 5.74) is 2.24. The number of tetrazole rings is 1. The standard InChI is InChI=1S/C20H21N5O2/c26-20(17-10-12-25-19(14-17)21-22-23-25)24(15-18-9-5-13-27-18)11-4-8-16-6-2-1-3-7-16/h1-4,6-8,10,12,14,18H,5,9,11,13,15H2/b8-4+. The Morgan fingerprint density at radius 1 is 1.30 bits per heavy atom. The maximum Gasteiger partial charge on any atom is 0.254 e. The summed E-state index contributed by atoms with van der Waals surface area (Å²) in [7, 11) is 0. The molecule has 1 aromatic carbocycles.